The van der Waals surface area contributed by atoms with E-state index in [2.05, 4.69) is 4.98 Å². The number of alkyl halides is 3. The number of rotatable bonds is 5. The number of hydrogen-bond donors (Lipinski definition) is 1. The molecule has 1 aromatic carbocycles. The van der Waals surface area contributed by atoms with Crippen LogP contribution >= 0.6 is 11.6 Å². The summed E-state index contributed by atoms with van der Waals surface area (Å²) in [7, 11) is 0. The van der Waals surface area contributed by atoms with Gasteiger partial charge in [0.05, 0.1) is 24.0 Å². The van der Waals surface area contributed by atoms with Crippen LogP contribution in [0.3, 0.4) is 0 Å². The smallest absolute Gasteiger partial charge is 0.422 e. The van der Waals surface area contributed by atoms with E-state index >= 15 is 0 Å². The van der Waals surface area contributed by atoms with Crippen molar-refractivity contribution in [3.05, 3.63) is 65.0 Å². The average molecular weight is 425 g/mol. The van der Waals surface area contributed by atoms with E-state index in [1.54, 1.807) is 48.2 Å². The highest BCUT2D eigenvalue weighted by molar-refractivity contribution is 6.30. The summed E-state index contributed by atoms with van der Waals surface area (Å²) in [4.78, 5) is 17.1. The van der Waals surface area contributed by atoms with Crippen molar-refractivity contribution in [2.75, 3.05) is 18.1 Å². The monoisotopic (exact) mass is 424 g/mol. The Balaban J connectivity index is 2.01. The van der Waals surface area contributed by atoms with Gasteiger partial charge in [0.15, 0.2) is 6.61 Å². The van der Waals surface area contributed by atoms with Crippen molar-refractivity contribution in [3.8, 4) is 17.0 Å². The summed E-state index contributed by atoms with van der Waals surface area (Å²) in [5, 5.41) is 9.73. The van der Waals surface area contributed by atoms with Crippen molar-refractivity contribution in [3.63, 3.8) is 0 Å². The van der Waals surface area contributed by atoms with E-state index in [1.807, 2.05) is 0 Å². The summed E-state index contributed by atoms with van der Waals surface area (Å²) in [5.41, 5.74) is 2.37. The zero-order valence-corrected chi connectivity index (χ0v) is 16.0. The molecule has 2 heterocycles. The highest BCUT2D eigenvalue weighted by atomic mass is 35.5. The Morgan fingerprint density at radius 3 is 2.59 bits per heavy atom. The predicted octanol–water partition coefficient (Wildman–Crippen LogP) is 5.08. The number of carbonyl (C=O) groups is 1. The normalized spacial score (nSPS) is 14.3. The largest absolute Gasteiger partial charge is 0.478 e. The zero-order chi connectivity index (χ0) is 21.2. The van der Waals surface area contributed by atoms with Crippen molar-refractivity contribution < 1.29 is 27.8 Å². The quantitative estimate of drug-likeness (QED) is 0.725. The topological polar surface area (TPSA) is 62.7 Å². The van der Waals surface area contributed by atoms with E-state index < -0.39 is 18.8 Å². The molecular weight excluding hydrogens is 409 g/mol. The van der Waals surface area contributed by atoms with Gasteiger partial charge in [0, 0.05) is 16.3 Å². The summed E-state index contributed by atoms with van der Waals surface area (Å²) in [6, 6.07) is 8.11. The van der Waals surface area contributed by atoms with E-state index in [9.17, 15) is 23.1 Å². The number of ether oxygens (including phenoxy) is 1. The fraction of sp³-hybridized carbons (Fsp3) is 0.200. The minimum atomic E-state index is -4.51. The first-order valence-corrected chi connectivity index (χ1v) is 8.85. The molecule has 0 saturated heterocycles. The average Bonchev–Trinajstić information content (AvgIpc) is 2.66. The Kier molecular flexibility index (Phi) is 5.83. The van der Waals surface area contributed by atoms with Crippen LogP contribution in [0.4, 0.5) is 18.9 Å². The molecule has 29 heavy (non-hydrogen) atoms. The molecular formula is C20H16ClF3N2O3. The van der Waals surface area contributed by atoms with Crippen LogP contribution in [-0.4, -0.2) is 35.4 Å². The second-order valence-electron chi connectivity index (χ2n) is 6.35. The van der Waals surface area contributed by atoms with Gasteiger partial charge in [0.25, 0.3) is 0 Å². The Morgan fingerprint density at radius 2 is 1.97 bits per heavy atom. The standard InChI is InChI=1S/C20H16ClF3N2O3/c1-12-2-3-14(19(27)28)10-26(12)16-8-17(13-4-6-15(21)7-5-13)18(25-9-16)29-11-20(22,23)24/h2-9H,10-11H2,1H3,(H,27,28). The first-order chi connectivity index (χ1) is 13.6. The van der Waals surface area contributed by atoms with Crippen LogP contribution < -0.4 is 9.64 Å². The number of aromatic nitrogens is 1. The maximum Gasteiger partial charge on any atom is 0.422 e. The first-order valence-electron chi connectivity index (χ1n) is 8.48. The molecule has 0 aliphatic carbocycles. The molecule has 0 spiro atoms. The molecule has 0 fully saturated rings. The maximum atomic E-state index is 12.6. The molecule has 0 amide bonds. The van der Waals surface area contributed by atoms with Gasteiger partial charge in [0.2, 0.25) is 5.88 Å². The van der Waals surface area contributed by atoms with Gasteiger partial charge in [-0.2, -0.15) is 13.2 Å². The minimum absolute atomic E-state index is 0.0994. The van der Waals surface area contributed by atoms with Crippen LogP contribution in [0.1, 0.15) is 6.92 Å². The second-order valence-corrected chi connectivity index (χ2v) is 6.78. The Labute approximate surface area is 169 Å². The van der Waals surface area contributed by atoms with Crippen LogP contribution in [0.25, 0.3) is 11.1 Å². The Morgan fingerprint density at radius 1 is 1.28 bits per heavy atom. The molecule has 1 aliphatic heterocycles. The number of anilines is 1. The minimum Gasteiger partial charge on any atom is -0.478 e. The van der Waals surface area contributed by atoms with Gasteiger partial charge in [-0.1, -0.05) is 23.7 Å². The lowest BCUT2D eigenvalue weighted by Gasteiger charge is -2.28. The summed E-state index contributed by atoms with van der Waals surface area (Å²) in [5.74, 6) is -1.23. The van der Waals surface area contributed by atoms with Gasteiger partial charge in [-0.05, 0) is 42.8 Å². The van der Waals surface area contributed by atoms with E-state index in [1.165, 1.54) is 12.3 Å². The summed E-state index contributed by atoms with van der Waals surface area (Å²) >= 11 is 5.90. The van der Waals surface area contributed by atoms with Gasteiger partial charge >= 0.3 is 12.1 Å². The van der Waals surface area contributed by atoms with Gasteiger partial charge in [0.1, 0.15) is 0 Å². The summed E-state index contributed by atoms with van der Waals surface area (Å²) in [6.45, 7) is 0.418. The predicted molar refractivity (Wildman–Crippen MR) is 103 cm³/mol. The lowest BCUT2D eigenvalue weighted by atomic mass is 10.1. The third-order valence-electron chi connectivity index (χ3n) is 4.23. The molecule has 3 rings (SSSR count). The third kappa shape index (κ3) is 5.08. The Hall–Kier alpha value is -3.00. The number of carboxylic acid groups (broad SMARTS) is 1. The van der Waals surface area contributed by atoms with Crippen molar-refractivity contribution in [1.29, 1.82) is 0 Å². The molecule has 5 nitrogen and oxygen atoms in total. The number of allylic oxidation sites excluding steroid dienone is 3. The highest BCUT2D eigenvalue weighted by Gasteiger charge is 2.29. The number of nitrogens with zero attached hydrogens (tertiary/aromatic N) is 2. The summed E-state index contributed by atoms with van der Waals surface area (Å²) in [6.07, 6.45) is 0.0176. The molecule has 0 saturated carbocycles. The Bertz CT molecular complexity index is 985. The number of aliphatic carboxylic acids is 1. The number of halogens is 4. The van der Waals surface area contributed by atoms with Gasteiger partial charge in [-0.25, -0.2) is 9.78 Å². The fourth-order valence-electron chi connectivity index (χ4n) is 2.78. The molecule has 9 heteroatoms. The van der Waals surface area contributed by atoms with Crippen molar-refractivity contribution >= 4 is 23.3 Å². The third-order valence-corrected chi connectivity index (χ3v) is 4.48. The van der Waals surface area contributed by atoms with Crippen LogP contribution in [0, 0.1) is 0 Å². The van der Waals surface area contributed by atoms with Gasteiger partial charge < -0.3 is 14.7 Å². The number of hydrogen-bond acceptors (Lipinski definition) is 4. The lowest BCUT2D eigenvalue weighted by Crippen LogP contribution is -2.29. The molecule has 152 valence electrons. The number of pyridine rings is 1. The SMILES string of the molecule is CC1=CC=C(C(=O)O)CN1c1cnc(OCC(F)(F)F)c(-c2ccc(Cl)cc2)c1. The summed E-state index contributed by atoms with van der Waals surface area (Å²) < 4.78 is 42.8. The molecule has 1 N–H and O–H groups in total. The van der Waals surface area contributed by atoms with E-state index in [4.69, 9.17) is 16.3 Å². The zero-order valence-electron chi connectivity index (χ0n) is 15.2. The number of benzene rings is 1. The van der Waals surface area contributed by atoms with E-state index in [-0.39, 0.29) is 18.0 Å². The molecule has 2 aromatic rings. The van der Waals surface area contributed by atoms with E-state index in [0.29, 0.717) is 21.8 Å². The molecule has 1 aromatic heterocycles. The van der Waals surface area contributed by atoms with E-state index in [0.717, 1.165) is 5.70 Å². The first kappa shape index (κ1) is 20.7. The molecule has 0 radical (unpaired) electrons. The molecule has 0 atom stereocenters. The van der Waals surface area contributed by atoms with Crippen molar-refractivity contribution in [2.45, 2.75) is 13.1 Å². The van der Waals surface area contributed by atoms with Gasteiger partial charge in [-0.3, -0.25) is 0 Å². The fourth-order valence-corrected chi connectivity index (χ4v) is 2.91. The van der Waals surface area contributed by atoms with Crippen LogP contribution in [0.5, 0.6) is 5.88 Å². The van der Waals surface area contributed by atoms with Crippen molar-refractivity contribution in [1.82, 2.24) is 4.98 Å². The van der Waals surface area contributed by atoms with Crippen molar-refractivity contribution in [2.24, 2.45) is 0 Å². The second kappa shape index (κ2) is 8.16. The van der Waals surface area contributed by atoms with Crippen LogP contribution in [-0.2, 0) is 4.79 Å². The van der Waals surface area contributed by atoms with Crippen LogP contribution in [0.15, 0.2) is 60.0 Å². The molecule has 0 unspecified atom stereocenters. The maximum absolute atomic E-state index is 12.6. The number of carboxylic acids is 1. The highest BCUT2D eigenvalue weighted by Crippen LogP contribution is 2.35. The molecule has 0 bridgehead atoms. The van der Waals surface area contributed by atoms with Crippen LogP contribution in [0.2, 0.25) is 5.02 Å². The van der Waals surface area contributed by atoms with Gasteiger partial charge in [-0.15, -0.1) is 0 Å². The lowest BCUT2D eigenvalue weighted by molar-refractivity contribution is -0.154. The molecule has 1 aliphatic rings.